The Labute approximate surface area is 101 Å². The summed E-state index contributed by atoms with van der Waals surface area (Å²) in [6, 6.07) is 4.02. The summed E-state index contributed by atoms with van der Waals surface area (Å²) in [7, 11) is 0. The highest BCUT2D eigenvalue weighted by Gasteiger charge is 2.31. The number of ketones is 2. The predicted octanol–water partition coefficient (Wildman–Crippen LogP) is 3.14. The van der Waals surface area contributed by atoms with Gasteiger partial charge < -0.3 is 0 Å². The number of benzene rings is 1. The Bertz CT molecular complexity index is 436. The first kappa shape index (κ1) is 11.5. The van der Waals surface area contributed by atoms with Gasteiger partial charge in [0.05, 0.1) is 5.92 Å². The van der Waals surface area contributed by atoms with Gasteiger partial charge in [0.2, 0.25) is 0 Å². The lowest BCUT2D eigenvalue weighted by molar-refractivity contribution is -0.119. The van der Waals surface area contributed by atoms with E-state index in [1.54, 1.807) is 6.07 Å². The van der Waals surface area contributed by atoms with E-state index < -0.39 is 11.7 Å². The lowest BCUT2D eigenvalue weighted by Gasteiger charge is -2.07. The van der Waals surface area contributed by atoms with Crippen LogP contribution in [0.15, 0.2) is 22.7 Å². The Morgan fingerprint density at radius 1 is 1.38 bits per heavy atom. The number of hydrogen-bond acceptors (Lipinski definition) is 2. The molecule has 1 aromatic carbocycles. The molecular weight excluding hydrogens is 275 g/mol. The molecule has 0 aromatic heterocycles. The molecule has 0 spiro atoms. The van der Waals surface area contributed by atoms with Crippen molar-refractivity contribution < 1.29 is 14.0 Å². The molecule has 1 atom stereocenters. The fraction of sp³-hybridized carbons (Fsp3) is 0.333. The van der Waals surface area contributed by atoms with Crippen LogP contribution in [0, 0.1) is 11.7 Å². The molecule has 1 aromatic rings. The van der Waals surface area contributed by atoms with Crippen LogP contribution < -0.4 is 0 Å². The van der Waals surface area contributed by atoms with Gasteiger partial charge in [-0.1, -0.05) is 15.9 Å². The molecule has 84 valence electrons. The van der Waals surface area contributed by atoms with Crippen LogP contribution in [0.25, 0.3) is 0 Å². The summed E-state index contributed by atoms with van der Waals surface area (Å²) in [5, 5.41) is 0. The monoisotopic (exact) mass is 284 g/mol. The predicted molar refractivity (Wildman–Crippen MR) is 60.8 cm³/mol. The molecule has 16 heavy (non-hydrogen) atoms. The lowest BCUT2D eigenvalue weighted by atomic mass is 9.95. The topological polar surface area (TPSA) is 34.1 Å². The van der Waals surface area contributed by atoms with Crippen LogP contribution in [0.1, 0.15) is 29.6 Å². The summed E-state index contributed by atoms with van der Waals surface area (Å²) in [6.45, 7) is 0. The molecule has 0 N–H and O–H groups in total. The number of rotatable bonds is 2. The van der Waals surface area contributed by atoms with Crippen LogP contribution in [0.2, 0.25) is 0 Å². The minimum atomic E-state index is -0.561. The van der Waals surface area contributed by atoms with E-state index in [-0.39, 0.29) is 17.1 Å². The van der Waals surface area contributed by atoms with E-state index >= 15 is 0 Å². The third-order valence-corrected chi connectivity index (χ3v) is 3.23. The maximum Gasteiger partial charge on any atom is 0.173 e. The van der Waals surface area contributed by atoms with Crippen molar-refractivity contribution in [2.24, 2.45) is 5.92 Å². The van der Waals surface area contributed by atoms with Crippen LogP contribution >= 0.6 is 15.9 Å². The maximum atomic E-state index is 13.1. The maximum absolute atomic E-state index is 13.1. The molecule has 0 aliphatic heterocycles. The van der Waals surface area contributed by atoms with Crippen LogP contribution in [-0.4, -0.2) is 11.6 Å². The highest BCUT2D eigenvalue weighted by atomic mass is 79.9. The molecule has 1 aliphatic rings. The second-order valence-electron chi connectivity index (χ2n) is 3.93. The molecule has 0 heterocycles. The molecule has 1 unspecified atom stereocenters. The van der Waals surface area contributed by atoms with Gasteiger partial charge in [-0.05, 0) is 31.0 Å². The Balaban J connectivity index is 2.30. The van der Waals surface area contributed by atoms with Gasteiger partial charge in [-0.2, -0.15) is 0 Å². The van der Waals surface area contributed by atoms with Crippen molar-refractivity contribution in [3.05, 3.63) is 34.1 Å². The van der Waals surface area contributed by atoms with E-state index in [0.29, 0.717) is 17.3 Å². The molecule has 0 bridgehead atoms. The summed E-state index contributed by atoms with van der Waals surface area (Å²) >= 11 is 3.13. The Hall–Kier alpha value is -1.03. The summed E-state index contributed by atoms with van der Waals surface area (Å²) in [4.78, 5) is 23.4. The molecule has 1 aliphatic carbocycles. The van der Waals surface area contributed by atoms with Gasteiger partial charge in [0, 0.05) is 16.5 Å². The molecule has 2 nitrogen and oxygen atoms in total. The summed E-state index contributed by atoms with van der Waals surface area (Å²) in [5.41, 5.74) is 0.270. The molecule has 4 heteroatoms. The van der Waals surface area contributed by atoms with E-state index in [4.69, 9.17) is 0 Å². The first-order valence-electron chi connectivity index (χ1n) is 5.11. The van der Waals surface area contributed by atoms with Gasteiger partial charge in [-0.15, -0.1) is 0 Å². The van der Waals surface area contributed by atoms with Crippen LogP contribution in [-0.2, 0) is 4.79 Å². The highest BCUT2D eigenvalue weighted by molar-refractivity contribution is 9.10. The second kappa shape index (κ2) is 4.45. The third kappa shape index (κ3) is 2.21. The smallest absolute Gasteiger partial charge is 0.173 e. The summed E-state index contributed by atoms with van der Waals surface area (Å²) in [5.74, 6) is -1.31. The Morgan fingerprint density at radius 2 is 2.12 bits per heavy atom. The molecule has 1 fully saturated rings. The van der Waals surface area contributed by atoms with E-state index in [0.717, 1.165) is 6.42 Å². The van der Waals surface area contributed by atoms with Gasteiger partial charge in [-0.3, -0.25) is 9.59 Å². The van der Waals surface area contributed by atoms with Crippen molar-refractivity contribution in [3.63, 3.8) is 0 Å². The molecule has 1 saturated carbocycles. The number of hydrogen-bond donors (Lipinski definition) is 0. The molecule has 0 amide bonds. The van der Waals surface area contributed by atoms with Crippen LogP contribution in [0.5, 0.6) is 0 Å². The quantitative estimate of drug-likeness (QED) is 0.618. The van der Waals surface area contributed by atoms with Crippen molar-refractivity contribution >= 4 is 27.5 Å². The molecule has 0 radical (unpaired) electrons. The standard InChI is InChI=1S/C12H10BrFO2/c13-8-4-7(5-9(14)6-8)12(16)10-2-1-3-11(10)15/h4-6,10H,1-3H2. The van der Waals surface area contributed by atoms with E-state index in [2.05, 4.69) is 15.9 Å². The van der Waals surface area contributed by atoms with Crippen molar-refractivity contribution in [2.75, 3.05) is 0 Å². The second-order valence-corrected chi connectivity index (χ2v) is 4.85. The SMILES string of the molecule is O=C1CCCC1C(=O)c1cc(F)cc(Br)c1. The van der Waals surface area contributed by atoms with Gasteiger partial charge >= 0.3 is 0 Å². The number of carbonyl (C=O) groups is 2. The fourth-order valence-electron chi connectivity index (χ4n) is 1.99. The number of halogens is 2. The van der Waals surface area contributed by atoms with Gasteiger partial charge in [0.15, 0.2) is 5.78 Å². The van der Waals surface area contributed by atoms with Crippen molar-refractivity contribution in [3.8, 4) is 0 Å². The molecule has 2 rings (SSSR count). The third-order valence-electron chi connectivity index (χ3n) is 2.77. The summed E-state index contributed by atoms with van der Waals surface area (Å²) < 4.78 is 13.6. The van der Waals surface area contributed by atoms with E-state index in [9.17, 15) is 14.0 Å². The zero-order chi connectivity index (χ0) is 11.7. The number of carbonyl (C=O) groups excluding carboxylic acids is 2. The van der Waals surface area contributed by atoms with Crippen molar-refractivity contribution in [1.82, 2.24) is 0 Å². The van der Waals surface area contributed by atoms with Crippen molar-refractivity contribution in [2.45, 2.75) is 19.3 Å². The molecular formula is C12H10BrFO2. The zero-order valence-electron chi connectivity index (χ0n) is 8.50. The van der Waals surface area contributed by atoms with E-state index in [1.165, 1.54) is 12.1 Å². The Morgan fingerprint density at radius 3 is 2.69 bits per heavy atom. The largest absolute Gasteiger partial charge is 0.299 e. The first-order valence-corrected chi connectivity index (χ1v) is 5.90. The normalized spacial score (nSPS) is 20.1. The molecule has 0 saturated heterocycles. The van der Waals surface area contributed by atoms with Crippen molar-refractivity contribution in [1.29, 1.82) is 0 Å². The highest BCUT2D eigenvalue weighted by Crippen LogP contribution is 2.26. The number of Topliss-reactive ketones (excluding diaryl/α,β-unsaturated/α-hetero) is 2. The minimum absolute atomic E-state index is 0.0228. The lowest BCUT2D eigenvalue weighted by Crippen LogP contribution is -2.18. The zero-order valence-corrected chi connectivity index (χ0v) is 10.1. The first-order chi connectivity index (χ1) is 7.58. The minimum Gasteiger partial charge on any atom is -0.299 e. The average molecular weight is 285 g/mol. The van der Waals surface area contributed by atoms with Crippen LogP contribution in [0.4, 0.5) is 4.39 Å². The van der Waals surface area contributed by atoms with Gasteiger partial charge in [0.1, 0.15) is 11.6 Å². The van der Waals surface area contributed by atoms with Crippen LogP contribution in [0.3, 0.4) is 0 Å². The van der Waals surface area contributed by atoms with Gasteiger partial charge in [-0.25, -0.2) is 4.39 Å². The average Bonchev–Trinajstić information content (AvgIpc) is 2.62. The fourth-order valence-corrected chi connectivity index (χ4v) is 2.46. The Kier molecular flexibility index (Phi) is 3.19. The van der Waals surface area contributed by atoms with E-state index in [1.807, 2.05) is 0 Å². The van der Waals surface area contributed by atoms with Gasteiger partial charge in [0.25, 0.3) is 0 Å². The summed E-state index contributed by atoms with van der Waals surface area (Å²) in [6.07, 6.45) is 1.81.